The third-order valence-electron chi connectivity index (χ3n) is 5.97. The van der Waals surface area contributed by atoms with E-state index in [4.69, 9.17) is 4.74 Å². The van der Waals surface area contributed by atoms with E-state index >= 15 is 0 Å². The van der Waals surface area contributed by atoms with Gasteiger partial charge in [-0.15, -0.1) is 0 Å². The van der Waals surface area contributed by atoms with Gasteiger partial charge in [-0.3, -0.25) is 25.0 Å². The summed E-state index contributed by atoms with van der Waals surface area (Å²) in [7, 11) is -4.46. The lowest BCUT2D eigenvalue weighted by molar-refractivity contribution is -0.385. The number of rotatable bonds is 9. The Morgan fingerprint density at radius 2 is 1.22 bits per heavy atom. The first kappa shape index (κ1) is 28.6. The quantitative estimate of drug-likeness (QED) is 0.111. The van der Waals surface area contributed by atoms with E-state index in [0.29, 0.717) is 10.7 Å². The average molecular weight is 576 g/mol. The fourth-order valence-corrected chi connectivity index (χ4v) is 5.16. The minimum absolute atomic E-state index is 0.0181. The number of sulfonamides is 1. The van der Waals surface area contributed by atoms with E-state index in [9.17, 15) is 38.2 Å². The van der Waals surface area contributed by atoms with Crippen molar-refractivity contribution >= 4 is 39.0 Å². The van der Waals surface area contributed by atoms with E-state index in [-0.39, 0.29) is 38.8 Å². The van der Waals surface area contributed by atoms with Crippen molar-refractivity contribution in [3.8, 4) is 5.75 Å². The smallest absolute Gasteiger partial charge is 0.343 e. The molecule has 0 heterocycles. The predicted molar refractivity (Wildman–Crippen MR) is 147 cm³/mol. The van der Waals surface area contributed by atoms with E-state index < -0.39 is 31.7 Å². The van der Waals surface area contributed by atoms with Crippen LogP contribution in [-0.4, -0.2) is 30.1 Å². The summed E-state index contributed by atoms with van der Waals surface area (Å²) >= 11 is 0. The predicted octanol–water partition coefficient (Wildman–Crippen LogP) is 5.32. The highest BCUT2D eigenvalue weighted by molar-refractivity contribution is 7.93. The number of nitro groups is 2. The first-order valence-corrected chi connectivity index (χ1v) is 13.4. The number of amides is 1. The van der Waals surface area contributed by atoms with Gasteiger partial charge < -0.3 is 4.74 Å². The fraction of sp³-hybridized carbons (Fsp3) is 0.0714. The summed E-state index contributed by atoms with van der Waals surface area (Å²) in [6.07, 6.45) is 0.672. The summed E-state index contributed by atoms with van der Waals surface area (Å²) in [6, 6.07) is 20.4. The molecule has 0 saturated carbocycles. The van der Waals surface area contributed by atoms with Gasteiger partial charge in [-0.25, -0.2) is 13.2 Å². The number of nitro benzene ring substituents is 2. The van der Waals surface area contributed by atoms with Gasteiger partial charge in [0.1, 0.15) is 5.75 Å². The standard InChI is InChI=1S/C28H21N3O9S/c1-2-19-3-17-26(18-4-19)41(38,39)29(27(32)20-5-9-23(10-6-20)30(34)35)22-13-15-25(16-14-22)40-28(33)21-7-11-24(12-8-21)31(36)37/h3-18H,2H2,1H3. The molecule has 0 unspecified atom stereocenters. The number of carbonyl (C=O) groups excluding carboxylic acids is 2. The largest absolute Gasteiger partial charge is 0.423 e. The molecule has 0 saturated heterocycles. The van der Waals surface area contributed by atoms with E-state index in [1.54, 1.807) is 12.1 Å². The van der Waals surface area contributed by atoms with Crippen LogP contribution in [0.2, 0.25) is 0 Å². The van der Waals surface area contributed by atoms with Crippen molar-refractivity contribution in [1.29, 1.82) is 0 Å². The van der Waals surface area contributed by atoms with Gasteiger partial charge in [-0.2, -0.15) is 4.31 Å². The molecule has 4 aromatic rings. The molecular weight excluding hydrogens is 554 g/mol. The molecule has 13 heteroatoms. The van der Waals surface area contributed by atoms with Crippen LogP contribution < -0.4 is 9.04 Å². The van der Waals surface area contributed by atoms with Crippen molar-refractivity contribution in [2.45, 2.75) is 18.2 Å². The van der Waals surface area contributed by atoms with Crippen LogP contribution in [0.25, 0.3) is 0 Å². The van der Waals surface area contributed by atoms with Crippen molar-refractivity contribution in [3.63, 3.8) is 0 Å². The number of carbonyl (C=O) groups is 2. The molecule has 41 heavy (non-hydrogen) atoms. The molecule has 0 aliphatic carbocycles. The monoisotopic (exact) mass is 575 g/mol. The third kappa shape index (κ3) is 6.25. The molecule has 0 bridgehead atoms. The van der Waals surface area contributed by atoms with Crippen molar-refractivity contribution in [3.05, 3.63) is 134 Å². The Balaban J connectivity index is 1.67. The topological polar surface area (TPSA) is 167 Å². The van der Waals surface area contributed by atoms with Crippen LogP contribution in [0.15, 0.2) is 102 Å². The number of non-ortho nitro benzene ring substituents is 2. The molecule has 0 aliphatic rings. The van der Waals surface area contributed by atoms with Gasteiger partial charge in [-0.1, -0.05) is 19.1 Å². The Labute approximate surface area is 233 Å². The fourth-order valence-electron chi connectivity index (χ4n) is 3.75. The second-order valence-electron chi connectivity index (χ2n) is 8.56. The number of esters is 1. The number of ether oxygens (including phenoxy) is 1. The highest BCUT2D eigenvalue weighted by Crippen LogP contribution is 2.29. The molecule has 208 valence electrons. The first-order chi connectivity index (χ1) is 19.5. The van der Waals surface area contributed by atoms with Gasteiger partial charge in [0.2, 0.25) is 0 Å². The molecule has 0 N–H and O–H groups in total. The van der Waals surface area contributed by atoms with Crippen molar-refractivity contribution < 1.29 is 32.6 Å². The Morgan fingerprint density at radius 3 is 1.68 bits per heavy atom. The number of aryl methyl sites for hydroxylation is 1. The summed E-state index contributed by atoms with van der Waals surface area (Å²) in [5.41, 5.74) is 0.268. The van der Waals surface area contributed by atoms with E-state index in [1.807, 2.05) is 6.92 Å². The van der Waals surface area contributed by atoms with Crippen LogP contribution in [0.3, 0.4) is 0 Å². The van der Waals surface area contributed by atoms with Crippen molar-refractivity contribution in [1.82, 2.24) is 0 Å². The molecule has 4 aromatic carbocycles. The van der Waals surface area contributed by atoms with Gasteiger partial charge >= 0.3 is 5.97 Å². The maximum atomic E-state index is 13.7. The Kier molecular flexibility index (Phi) is 8.19. The maximum Gasteiger partial charge on any atom is 0.343 e. The van der Waals surface area contributed by atoms with Crippen LogP contribution >= 0.6 is 0 Å². The summed E-state index contributed by atoms with van der Waals surface area (Å²) in [5.74, 6) is -1.75. The average Bonchev–Trinajstić information content (AvgIpc) is 2.98. The van der Waals surface area contributed by atoms with Crippen molar-refractivity contribution in [2.24, 2.45) is 0 Å². The molecule has 0 spiro atoms. The third-order valence-corrected chi connectivity index (χ3v) is 7.70. The lowest BCUT2D eigenvalue weighted by Gasteiger charge is -2.23. The van der Waals surface area contributed by atoms with Gasteiger partial charge in [0.05, 0.1) is 26.0 Å². The minimum Gasteiger partial charge on any atom is -0.423 e. The summed E-state index contributed by atoms with van der Waals surface area (Å²) in [5, 5.41) is 21.8. The van der Waals surface area contributed by atoms with Crippen LogP contribution in [0.4, 0.5) is 17.1 Å². The van der Waals surface area contributed by atoms with Gasteiger partial charge in [-0.05, 0) is 72.6 Å². The molecule has 0 fully saturated rings. The molecule has 12 nitrogen and oxygen atoms in total. The SMILES string of the molecule is CCc1ccc(S(=O)(=O)N(C(=O)c2ccc([N+](=O)[O-])cc2)c2ccc(OC(=O)c3ccc([N+](=O)[O-])cc3)cc2)cc1. The van der Waals surface area contributed by atoms with E-state index in [2.05, 4.69) is 0 Å². The van der Waals surface area contributed by atoms with Crippen LogP contribution in [0, 0.1) is 20.2 Å². The summed E-state index contributed by atoms with van der Waals surface area (Å²) in [4.78, 5) is 46.5. The van der Waals surface area contributed by atoms with Gasteiger partial charge in [0.15, 0.2) is 0 Å². The lowest BCUT2D eigenvalue weighted by Crippen LogP contribution is -2.37. The Hall–Kier alpha value is -5.43. The van der Waals surface area contributed by atoms with Crippen LogP contribution in [0.1, 0.15) is 33.2 Å². The summed E-state index contributed by atoms with van der Waals surface area (Å²) in [6.45, 7) is 1.91. The van der Waals surface area contributed by atoms with Crippen LogP contribution in [-0.2, 0) is 16.4 Å². The van der Waals surface area contributed by atoms with E-state index in [0.717, 1.165) is 42.0 Å². The second-order valence-corrected chi connectivity index (χ2v) is 10.4. The van der Waals surface area contributed by atoms with E-state index in [1.165, 1.54) is 48.5 Å². The zero-order valence-electron chi connectivity index (χ0n) is 21.4. The number of anilines is 1. The van der Waals surface area contributed by atoms with Crippen molar-refractivity contribution in [2.75, 3.05) is 4.31 Å². The number of hydrogen-bond acceptors (Lipinski definition) is 9. The Bertz CT molecular complexity index is 1720. The van der Waals surface area contributed by atoms with Gasteiger partial charge in [0, 0.05) is 29.8 Å². The maximum absolute atomic E-state index is 13.7. The highest BCUT2D eigenvalue weighted by atomic mass is 32.2. The lowest BCUT2D eigenvalue weighted by atomic mass is 10.2. The summed E-state index contributed by atoms with van der Waals surface area (Å²) < 4.78 is 33.3. The zero-order chi connectivity index (χ0) is 29.7. The first-order valence-electron chi connectivity index (χ1n) is 12.0. The molecule has 0 aliphatic heterocycles. The number of nitrogens with zero attached hydrogens (tertiary/aromatic N) is 3. The normalized spacial score (nSPS) is 11.0. The number of hydrogen-bond donors (Lipinski definition) is 0. The highest BCUT2D eigenvalue weighted by Gasteiger charge is 2.32. The Morgan fingerprint density at radius 1 is 0.732 bits per heavy atom. The molecule has 1 amide bonds. The zero-order valence-corrected chi connectivity index (χ0v) is 22.2. The van der Waals surface area contributed by atoms with Gasteiger partial charge in [0.25, 0.3) is 27.3 Å². The molecule has 0 radical (unpaired) electrons. The van der Waals surface area contributed by atoms with Crippen LogP contribution in [0.5, 0.6) is 5.75 Å². The molecular formula is C28H21N3O9S. The number of benzene rings is 4. The second kappa shape index (κ2) is 11.8. The molecule has 0 aromatic heterocycles. The minimum atomic E-state index is -4.46. The molecule has 0 atom stereocenters. The molecule has 4 rings (SSSR count).